The van der Waals surface area contributed by atoms with Crippen LogP contribution in [0.15, 0.2) is 29.3 Å². The molecule has 3 N–H and O–H groups in total. The predicted octanol–water partition coefficient (Wildman–Crippen LogP) is 2.01. The molecule has 2 aliphatic rings. The van der Waals surface area contributed by atoms with Crippen LogP contribution in [0.3, 0.4) is 0 Å². The zero-order valence-electron chi connectivity index (χ0n) is 17.0. The van der Waals surface area contributed by atoms with Crippen LogP contribution < -0.4 is 10.6 Å². The third kappa shape index (κ3) is 6.57. The summed E-state index contributed by atoms with van der Waals surface area (Å²) in [7, 11) is 1.81. The van der Waals surface area contributed by atoms with E-state index in [1.807, 2.05) is 0 Å². The summed E-state index contributed by atoms with van der Waals surface area (Å²) in [6, 6.07) is 8.78. The Morgan fingerprint density at radius 2 is 2.11 bits per heavy atom. The Morgan fingerprint density at radius 3 is 2.82 bits per heavy atom. The molecule has 2 aliphatic heterocycles. The van der Waals surface area contributed by atoms with Crippen LogP contribution >= 0.6 is 24.0 Å². The van der Waals surface area contributed by atoms with Crippen molar-refractivity contribution in [2.24, 2.45) is 10.4 Å². The van der Waals surface area contributed by atoms with Crippen LogP contribution in [0.1, 0.15) is 30.4 Å². The van der Waals surface area contributed by atoms with E-state index in [1.165, 1.54) is 11.1 Å². The summed E-state index contributed by atoms with van der Waals surface area (Å²) in [6.07, 6.45) is 4.01. The lowest BCUT2D eigenvalue weighted by molar-refractivity contribution is 0.127. The fourth-order valence-corrected chi connectivity index (χ4v) is 4.06. The third-order valence-electron chi connectivity index (χ3n) is 5.83. The van der Waals surface area contributed by atoms with Crippen LogP contribution in [0.4, 0.5) is 0 Å². The molecule has 0 amide bonds. The normalized spacial score (nSPS) is 22.4. The van der Waals surface area contributed by atoms with Crippen LogP contribution in [0.5, 0.6) is 0 Å². The second-order valence-electron chi connectivity index (χ2n) is 7.78. The summed E-state index contributed by atoms with van der Waals surface area (Å²) in [5, 5.41) is 16.2. The number of benzene rings is 1. The Balaban J connectivity index is 0.00000280. The molecule has 2 heterocycles. The number of hydrogen-bond donors (Lipinski definition) is 3. The number of halogens is 1. The molecule has 0 saturated carbocycles. The van der Waals surface area contributed by atoms with Crippen molar-refractivity contribution in [3.8, 4) is 0 Å². The number of nitrogens with one attached hydrogen (secondary N) is 2. The first-order valence-electron chi connectivity index (χ1n) is 10.2. The van der Waals surface area contributed by atoms with Gasteiger partial charge >= 0.3 is 0 Å². The maximum atomic E-state index is 9.34. The number of aliphatic hydroxyl groups is 1. The lowest BCUT2D eigenvalue weighted by Gasteiger charge is -2.29. The van der Waals surface area contributed by atoms with Gasteiger partial charge in [0.1, 0.15) is 0 Å². The minimum absolute atomic E-state index is 0. The molecule has 1 atom stereocenters. The maximum absolute atomic E-state index is 9.34. The number of aliphatic imine (C=N–C) groups is 1. The average molecular weight is 502 g/mol. The highest BCUT2D eigenvalue weighted by molar-refractivity contribution is 14.0. The van der Waals surface area contributed by atoms with Gasteiger partial charge in [-0.05, 0) is 36.8 Å². The first kappa shape index (κ1) is 23.4. The van der Waals surface area contributed by atoms with Crippen molar-refractivity contribution in [1.29, 1.82) is 0 Å². The highest BCUT2D eigenvalue weighted by atomic mass is 127. The molecule has 7 heteroatoms. The van der Waals surface area contributed by atoms with E-state index in [0.717, 1.165) is 71.0 Å². The van der Waals surface area contributed by atoms with E-state index in [0.29, 0.717) is 6.61 Å². The van der Waals surface area contributed by atoms with Crippen LogP contribution in [-0.4, -0.2) is 69.0 Å². The summed E-state index contributed by atoms with van der Waals surface area (Å²) in [5.74, 6) is 0.836. The van der Waals surface area contributed by atoms with Crippen LogP contribution in [-0.2, 0) is 17.7 Å². The third-order valence-corrected chi connectivity index (χ3v) is 5.83. The Morgan fingerprint density at radius 1 is 1.29 bits per heavy atom. The van der Waals surface area contributed by atoms with Gasteiger partial charge in [0, 0.05) is 58.4 Å². The van der Waals surface area contributed by atoms with E-state index < -0.39 is 0 Å². The van der Waals surface area contributed by atoms with E-state index in [1.54, 1.807) is 7.05 Å². The van der Waals surface area contributed by atoms with E-state index in [-0.39, 0.29) is 36.0 Å². The van der Waals surface area contributed by atoms with Gasteiger partial charge in [-0.25, -0.2) is 0 Å². The molecule has 3 rings (SSSR count). The fourth-order valence-electron chi connectivity index (χ4n) is 4.06. The van der Waals surface area contributed by atoms with Gasteiger partial charge in [-0.1, -0.05) is 24.3 Å². The summed E-state index contributed by atoms with van der Waals surface area (Å²) >= 11 is 0. The SMILES string of the molecule is CN=C(NCCCN1CCc2ccccc2C1)NCC1(CCO)CCOC1.I. The molecule has 0 aromatic heterocycles. The van der Waals surface area contributed by atoms with Crippen molar-refractivity contribution < 1.29 is 9.84 Å². The molecule has 0 bridgehead atoms. The maximum Gasteiger partial charge on any atom is 0.190 e. The molecule has 0 aliphatic carbocycles. The minimum atomic E-state index is 0. The number of guanidine groups is 1. The molecule has 1 fully saturated rings. The summed E-state index contributed by atoms with van der Waals surface area (Å²) in [5.41, 5.74) is 3.01. The molecular formula is C21H35IN4O2. The summed E-state index contributed by atoms with van der Waals surface area (Å²) in [6.45, 7) is 6.70. The van der Waals surface area contributed by atoms with E-state index in [2.05, 4.69) is 44.8 Å². The molecule has 0 radical (unpaired) electrons. The van der Waals surface area contributed by atoms with Gasteiger partial charge in [0.15, 0.2) is 5.96 Å². The van der Waals surface area contributed by atoms with E-state index in [4.69, 9.17) is 4.74 Å². The first-order valence-corrected chi connectivity index (χ1v) is 10.2. The molecule has 28 heavy (non-hydrogen) atoms. The van der Waals surface area contributed by atoms with E-state index in [9.17, 15) is 5.11 Å². The van der Waals surface area contributed by atoms with Crippen LogP contribution in [0.25, 0.3) is 0 Å². The van der Waals surface area contributed by atoms with Crippen molar-refractivity contribution in [2.75, 3.05) is 53.0 Å². The minimum Gasteiger partial charge on any atom is -0.396 e. The molecule has 1 unspecified atom stereocenters. The lowest BCUT2D eigenvalue weighted by atomic mass is 9.84. The van der Waals surface area contributed by atoms with Crippen LogP contribution in [0, 0.1) is 5.41 Å². The molecule has 1 aromatic rings. The Bertz CT molecular complexity index is 620. The van der Waals surface area contributed by atoms with Crippen LogP contribution in [0.2, 0.25) is 0 Å². The highest BCUT2D eigenvalue weighted by Crippen LogP contribution is 2.31. The zero-order chi connectivity index (χ0) is 19.0. The number of nitrogens with zero attached hydrogens (tertiary/aromatic N) is 2. The number of ether oxygens (including phenoxy) is 1. The van der Waals surface area contributed by atoms with Crippen molar-refractivity contribution in [2.45, 2.75) is 32.2 Å². The molecule has 1 saturated heterocycles. The van der Waals surface area contributed by atoms with Gasteiger partial charge in [-0.3, -0.25) is 9.89 Å². The second kappa shape index (κ2) is 11.9. The Kier molecular flexibility index (Phi) is 9.98. The van der Waals surface area contributed by atoms with Gasteiger partial charge in [0.25, 0.3) is 0 Å². The smallest absolute Gasteiger partial charge is 0.190 e. The van der Waals surface area contributed by atoms with Crippen molar-refractivity contribution in [3.63, 3.8) is 0 Å². The van der Waals surface area contributed by atoms with Crippen molar-refractivity contribution in [3.05, 3.63) is 35.4 Å². The molecular weight excluding hydrogens is 467 g/mol. The predicted molar refractivity (Wildman–Crippen MR) is 124 cm³/mol. The Hall–Kier alpha value is -0.900. The largest absolute Gasteiger partial charge is 0.396 e. The van der Waals surface area contributed by atoms with E-state index >= 15 is 0 Å². The monoisotopic (exact) mass is 502 g/mol. The van der Waals surface area contributed by atoms with Gasteiger partial charge in [-0.2, -0.15) is 0 Å². The number of fused-ring (bicyclic) bond motifs is 1. The first-order chi connectivity index (χ1) is 13.2. The average Bonchev–Trinajstić information content (AvgIpc) is 3.16. The fraction of sp³-hybridized carbons (Fsp3) is 0.667. The molecule has 158 valence electrons. The quantitative estimate of drug-likeness (QED) is 0.220. The summed E-state index contributed by atoms with van der Waals surface area (Å²) < 4.78 is 5.55. The Labute approximate surface area is 186 Å². The van der Waals surface area contributed by atoms with Gasteiger partial charge in [0.05, 0.1) is 6.61 Å². The number of hydrogen-bond acceptors (Lipinski definition) is 4. The number of aliphatic hydroxyl groups excluding tert-OH is 1. The van der Waals surface area contributed by atoms with Crippen molar-refractivity contribution in [1.82, 2.24) is 15.5 Å². The highest BCUT2D eigenvalue weighted by Gasteiger charge is 2.34. The van der Waals surface area contributed by atoms with Gasteiger partial charge < -0.3 is 20.5 Å². The summed E-state index contributed by atoms with van der Waals surface area (Å²) in [4.78, 5) is 6.87. The topological polar surface area (TPSA) is 69.1 Å². The zero-order valence-corrected chi connectivity index (χ0v) is 19.3. The van der Waals surface area contributed by atoms with Gasteiger partial charge in [0.2, 0.25) is 0 Å². The lowest BCUT2D eigenvalue weighted by Crippen LogP contribution is -2.45. The van der Waals surface area contributed by atoms with Gasteiger partial charge in [-0.15, -0.1) is 24.0 Å². The van der Waals surface area contributed by atoms with Crippen molar-refractivity contribution >= 4 is 29.9 Å². The standard InChI is InChI=1S/C21H34N4O2.HI/c1-22-20(24-16-21(8-13-26)9-14-27-17-21)23-10-4-11-25-12-7-18-5-2-3-6-19(18)15-25;/h2-3,5-6,26H,4,7-17H2,1H3,(H2,22,23,24);1H. The molecule has 1 aromatic carbocycles. The molecule has 6 nitrogen and oxygen atoms in total. The second-order valence-corrected chi connectivity index (χ2v) is 7.78. The number of rotatable bonds is 8. The molecule has 0 spiro atoms.